The summed E-state index contributed by atoms with van der Waals surface area (Å²) in [7, 11) is -3.24. The first-order valence-corrected chi connectivity index (χ1v) is 13.7. The van der Waals surface area contributed by atoms with E-state index in [2.05, 4.69) is 10.4 Å². The number of hydrogen-bond donors (Lipinski definition) is 1. The number of nitrogens with one attached hydrogen (secondary N) is 1. The molecule has 5 rings (SSSR count). The molecule has 1 atom stereocenters. The molecule has 7 nitrogen and oxygen atoms in total. The maximum Gasteiger partial charge on any atom is 0.422 e. The lowest BCUT2D eigenvalue weighted by Gasteiger charge is -2.23. The topological polar surface area (TPSA) is 90.3 Å². The van der Waals surface area contributed by atoms with Gasteiger partial charge in [-0.2, -0.15) is 18.3 Å². The van der Waals surface area contributed by atoms with Crippen LogP contribution in [0, 0.1) is 5.82 Å². The van der Waals surface area contributed by atoms with E-state index in [4.69, 9.17) is 4.74 Å². The third-order valence-electron chi connectivity index (χ3n) is 6.44. The SMILES string of the molecule is C[C@@]1(NC(=O)c2ccc3c(-c4cccc(OCC(F)(F)F)c4)nn(-c4ccc(F)cc4)c3c2)CCS(=O)(=O)C1. The first-order chi connectivity index (χ1) is 18.3. The Hall–Kier alpha value is -3.93. The average Bonchev–Trinajstić information content (AvgIpc) is 3.38. The fraction of sp³-hybridized carbons (Fsp3) is 0.259. The van der Waals surface area contributed by atoms with E-state index in [0.29, 0.717) is 34.3 Å². The van der Waals surface area contributed by atoms with E-state index in [1.165, 1.54) is 41.1 Å². The van der Waals surface area contributed by atoms with Crippen LogP contribution in [-0.4, -0.2) is 53.9 Å². The van der Waals surface area contributed by atoms with Gasteiger partial charge in [0.05, 0.1) is 28.2 Å². The quantitative estimate of drug-likeness (QED) is 0.332. The van der Waals surface area contributed by atoms with Gasteiger partial charge < -0.3 is 10.1 Å². The van der Waals surface area contributed by atoms with E-state index in [-0.39, 0.29) is 22.8 Å². The van der Waals surface area contributed by atoms with Crippen LogP contribution in [-0.2, 0) is 9.84 Å². The Kier molecular flexibility index (Phi) is 6.61. The Balaban J connectivity index is 1.56. The molecule has 12 heteroatoms. The fourth-order valence-corrected chi connectivity index (χ4v) is 6.70. The molecule has 0 aliphatic carbocycles. The molecule has 0 radical (unpaired) electrons. The van der Waals surface area contributed by atoms with Crippen molar-refractivity contribution in [2.24, 2.45) is 0 Å². The predicted molar refractivity (Wildman–Crippen MR) is 137 cm³/mol. The number of halogens is 4. The smallest absolute Gasteiger partial charge is 0.422 e. The van der Waals surface area contributed by atoms with Crippen LogP contribution in [0.4, 0.5) is 17.6 Å². The summed E-state index contributed by atoms with van der Waals surface area (Å²) >= 11 is 0. The molecule has 1 amide bonds. The molecule has 1 aliphatic heterocycles. The molecule has 39 heavy (non-hydrogen) atoms. The number of nitrogens with zero attached hydrogens (tertiary/aromatic N) is 2. The molecule has 0 spiro atoms. The van der Waals surface area contributed by atoms with Crippen LogP contribution in [0.25, 0.3) is 27.8 Å². The number of ether oxygens (including phenoxy) is 1. The number of carbonyl (C=O) groups is 1. The lowest BCUT2D eigenvalue weighted by atomic mass is 10.0. The van der Waals surface area contributed by atoms with Crippen molar-refractivity contribution in [1.29, 1.82) is 0 Å². The molecular weight excluding hydrogens is 538 g/mol. The van der Waals surface area contributed by atoms with E-state index in [1.54, 1.807) is 37.3 Å². The summed E-state index contributed by atoms with van der Waals surface area (Å²) in [4.78, 5) is 13.1. The Morgan fingerprint density at radius 1 is 1.10 bits per heavy atom. The minimum Gasteiger partial charge on any atom is -0.484 e. The monoisotopic (exact) mass is 561 g/mol. The van der Waals surface area contributed by atoms with E-state index in [9.17, 15) is 30.8 Å². The highest BCUT2D eigenvalue weighted by Crippen LogP contribution is 2.33. The molecule has 1 aromatic heterocycles. The largest absolute Gasteiger partial charge is 0.484 e. The van der Waals surface area contributed by atoms with Crippen molar-refractivity contribution >= 4 is 26.6 Å². The van der Waals surface area contributed by atoms with Crippen LogP contribution in [0.15, 0.2) is 66.7 Å². The zero-order valence-electron chi connectivity index (χ0n) is 20.6. The normalized spacial score (nSPS) is 18.8. The Labute approximate surface area is 221 Å². The summed E-state index contributed by atoms with van der Waals surface area (Å²) in [6.07, 6.45) is -4.20. The molecule has 4 aromatic rings. The number of fused-ring (bicyclic) bond motifs is 1. The van der Waals surface area contributed by atoms with Gasteiger partial charge in [-0.15, -0.1) is 0 Å². The van der Waals surface area contributed by atoms with Gasteiger partial charge in [0.25, 0.3) is 5.91 Å². The van der Waals surface area contributed by atoms with E-state index in [1.807, 2.05) is 0 Å². The van der Waals surface area contributed by atoms with Crippen molar-refractivity contribution in [2.75, 3.05) is 18.1 Å². The molecule has 204 valence electrons. The van der Waals surface area contributed by atoms with E-state index in [0.717, 1.165) is 0 Å². The Morgan fingerprint density at radius 3 is 2.51 bits per heavy atom. The van der Waals surface area contributed by atoms with Gasteiger partial charge in [-0.05, 0) is 67.9 Å². The van der Waals surface area contributed by atoms with Crippen LogP contribution in [0.1, 0.15) is 23.7 Å². The number of aromatic nitrogens is 2. The maximum absolute atomic E-state index is 13.6. The zero-order valence-corrected chi connectivity index (χ0v) is 21.4. The zero-order chi connectivity index (χ0) is 28.0. The van der Waals surface area contributed by atoms with Crippen molar-refractivity contribution in [3.05, 3.63) is 78.1 Å². The van der Waals surface area contributed by atoms with Gasteiger partial charge in [0.2, 0.25) is 0 Å². The van der Waals surface area contributed by atoms with Crippen LogP contribution in [0.5, 0.6) is 5.75 Å². The van der Waals surface area contributed by atoms with Crippen molar-refractivity contribution in [2.45, 2.75) is 25.1 Å². The Bertz CT molecular complexity index is 1670. The fourth-order valence-electron chi connectivity index (χ4n) is 4.60. The number of amides is 1. The summed E-state index contributed by atoms with van der Waals surface area (Å²) in [5.74, 6) is -1.07. The second-order valence-electron chi connectivity index (χ2n) is 9.76. The highest BCUT2D eigenvalue weighted by atomic mass is 32.2. The van der Waals surface area contributed by atoms with Crippen molar-refractivity contribution in [1.82, 2.24) is 15.1 Å². The van der Waals surface area contributed by atoms with Crippen LogP contribution in [0.2, 0.25) is 0 Å². The molecule has 1 aliphatic rings. The van der Waals surface area contributed by atoms with Gasteiger partial charge in [-0.3, -0.25) is 4.79 Å². The molecule has 0 saturated carbocycles. The van der Waals surface area contributed by atoms with Crippen LogP contribution >= 0.6 is 0 Å². The van der Waals surface area contributed by atoms with Gasteiger partial charge in [0.1, 0.15) is 17.3 Å². The molecule has 1 saturated heterocycles. The molecule has 2 heterocycles. The molecule has 1 fully saturated rings. The summed E-state index contributed by atoms with van der Waals surface area (Å²) in [6.45, 7) is 0.239. The van der Waals surface area contributed by atoms with Crippen LogP contribution in [0.3, 0.4) is 0 Å². The minimum absolute atomic E-state index is 0.00469. The van der Waals surface area contributed by atoms with Crippen LogP contribution < -0.4 is 10.1 Å². The van der Waals surface area contributed by atoms with E-state index < -0.39 is 39.9 Å². The van der Waals surface area contributed by atoms with Gasteiger partial charge in [-0.25, -0.2) is 17.5 Å². The minimum atomic E-state index is -4.50. The standard InChI is InChI=1S/C27H23F4N3O4S/c1-26(11-12-39(36,37)16-26)32-25(35)18-5-10-22-23(14-18)34(20-8-6-19(28)7-9-20)33-24(22)17-3-2-4-21(13-17)38-15-27(29,30)31/h2-10,13-14H,11-12,15-16H2,1H3,(H,32,35)/t26-/m1/s1. The number of alkyl halides is 3. The third kappa shape index (κ3) is 5.90. The lowest BCUT2D eigenvalue weighted by Crippen LogP contribution is -2.46. The van der Waals surface area contributed by atoms with Gasteiger partial charge >= 0.3 is 6.18 Å². The molecule has 0 bridgehead atoms. The molecule has 0 unspecified atom stereocenters. The molecular formula is C27H23F4N3O4S. The Morgan fingerprint density at radius 2 is 1.85 bits per heavy atom. The maximum atomic E-state index is 13.6. The summed E-state index contributed by atoms with van der Waals surface area (Å²) in [5, 5.41) is 8.06. The van der Waals surface area contributed by atoms with Crippen molar-refractivity contribution in [3.8, 4) is 22.7 Å². The van der Waals surface area contributed by atoms with Crippen molar-refractivity contribution < 1.29 is 35.5 Å². The lowest BCUT2D eigenvalue weighted by molar-refractivity contribution is -0.153. The van der Waals surface area contributed by atoms with Gasteiger partial charge in [0, 0.05) is 16.5 Å². The van der Waals surface area contributed by atoms with Gasteiger partial charge in [-0.1, -0.05) is 12.1 Å². The summed E-state index contributed by atoms with van der Waals surface area (Å²) < 4.78 is 81.9. The highest BCUT2D eigenvalue weighted by molar-refractivity contribution is 7.91. The highest BCUT2D eigenvalue weighted by Gasteiger charge is 2.39. The number of sulfone groups is 1. The molecule has 1 N–H and O–H groups in total. The number of benzene rings is 3. The van der Waals surface area contributed by atoms with Gasteiger partial charge in [0.15, 0.2) is 16.4 Å². The second-order valence-corrected chi connectivity index (χ2v) is 11.9. The summed E-state index contributed by atoms with van der Waals surface area (Å²) in [6, 6.07) is 16.4. The third-order valence-corrected chi connectivity index (χ3v) is 8.35. The summed E-state index contributed by atoms with van der Waals surface area (Å²) in [5.41, 5.74) is 1.21. The second kappa shape index (κ2) is 9.67. The van der Waals surface area contributed by atoms with Crippen molar-refractivity contribution in [3.63, 3.8) is 0 Å². The first kappa shape index (κ1) is 26.7. The number of hydrogen-bond acceptors (Lipinski definition) is 5. The number of rotatable bonds is 6. The van der Waals surface area contributed by atoms with E-state index >= 15 is 0 Å². The molecule has 3 aromatic carbocycles. The first-order valence-electron chi connectivity index (χ1n) is 11.9. The number of carbonyl (C=O) groups excluding carboxylic acids is 1. The predicted octanol–water partition coefficient (Wildman–Crippen LogP) is 5.08. The average molecular weight is 562 g/mol.